The summed E-state index contributed by atoms with van der Waals surface area (Å²) in [5, 5.41) is 18.2. The van der Waals surface area contributed by atoms with Crippen LogP contribution in [0.15, 0.2) is 47.6 Å². The fourth-order valence-corrected chi connectivity index (χ4v) is 3.37. The largest absolute Gasteiger partial charge is 0.412 e. The Kier molecular flexibility index (Phi) is 19.4. The quantitative estimate of drug-likeness (QED) is 0.296. The molecule has 0 aromatic heterocycles. The lowest BCUT2D eigenvalue weighted by Gasteiger charge is -2.24. The second-order valence-electron chi connectivity index (χ2n) is 7.94. The van der Waals surface area contributed by atoms with Gasteiger partial charge in [0.15, 0.2) is 11.6 Å². The predicted octanol–water partition coefficient (Wildman–Crippen LogP) is 1.11. The molecule has 1 aromatic rings. The maximum atomic E-state index is 12.9. The average Bonchev–Trinajstić information content (AvgIpc) is 2.82. The van der Waals surface area contributed by atoms with Crippen molar-refractivity contribution >= 4 is 17.9 Å². The van der Waals surface area contributed by atoms with E-state index in [0.29, 0.717) is 54.6 Å². The molecule has 10 heteroatoms. The van der Waals surface area contributed by atoms with Crippen LogP contribution in [-0.2, 0) is 14.3 Å². The van der Waals surface area contributed by atoms with Crippen molar-refractivity contribution in [2.45, 2.75) is 64.7 Å². The van der Waals surface area contributed by atoms with Crippen LogP contribution in [0.25, 0.3) is 0 Å². The molecule has 1 aromatic carbocycles. The number of aliphatic hydroxyl groups excluding tert-OH is 2. The fraction of sp³-hybridized carbons (Fsp3) is 0.500. The first-order chi connectivity index (χ1) is 16.3. The van der Waals surface area contributed by atoms with E-state index in [9.17, 15) is 14.7 Å². The number of allylic oxidation sites excluding steroid dienone is 3. The first kappa shape index (κ1) is 35.6. The highest BCUT2D eigenvalue weighted by Crippen LogP contribution is 2.31. The number of fused-ring (bicyclic) bond motifs is 2. The topological polar surface area (TPSA) is 199 Å². The van der Waals surface area contributed by atoms with Crippen molar-refractivity contribution in [3.8, 4) is 0 Å². The molecule has 2 aliphatic carbocycles. The minimum absolute atomic E-state index is 0. The number of benzene rings is 1. The van der Waals surface area contributed by atoms with E-state index >= 15 is 0 Å². The maximum Gasteiger partial charge on any atom is 0.194 e. The lowest BCUT2D eigenvalue weighted by atomic mass is 9.80. The molecule has 3 atom stereocenters. The Morgan fingerprint density at radius 1 is 1.11 bits per heavy atom. The highest BCUT2D eigenvalue weighted by molar-refractivity contribution is 6.31. The number of rotatable bonds is 5. The zero-order chi connectivity index (χ0) is 25.5. The zero-order valence-corrected chi connectivity index (χ0v) is 21.2. The van der Waals surface area contributed by atoms with Gasteiger partial charge in [0.1, 0.15) is 13.1 Å². The van der Waals surface area contributed by atoms with Crippen molar-refractivity contribution in [3.05, 3.63) is 58.7 Å². The van der Waals surface area contributed by atoms with Crippen molar-refractivity contribution in [1.29, 1.82) is 0 Å². The van der Waals surface area contributed by atoms with Gasteiger partial charge in [-0.2, -0.15) is 0 Å². The summed E-state index contributed by atoms with van der Waals surface area (Å²) in [5.74, 6) is -0.260. The van der Waals surface area contributed by atoms with Crippen molar-refractivity contribution in [3.63, 3.8) is 0 Å². The molecule has 3 rings (SSSR count). The van der Waals surface area contributed by atoms with Crippen molar-refractivity contribution < 1.29 is 45.0 Å². The van der Waals surface area contributed by atoms with Gasteiger partial charge >= 0.3 is 0 Å². The Morgan fingerprint density at radius 2 is 1.61 bits per heavy atom. The minimum atomic E-state index is -0.518. The fourth-order valence-electron chi connectivity index (χ4n) is 3.37. The molecule has 0 radical (unpaired) electrons. The van der Waals surface area contributed by atoms with Crippen LogP contribution in [0, 0.1) is 0 Å². The molecule has 36 heavy (non-hydrogen) atoms. The maximum absolute atomic E-state index is 12.9. The Bertz CT molecular complexity index is 865. The number of carbonyl (C=O) groups excluding carboxylic acids is 3. The number of aliphatic hydroxyl groups is 2. The number of hydrogen-bond donors (Lipinski definition) is 3. The van der Waals surface area contributed by atoms with Crippen LogP contribution in [0.2, 0.25) is 0 Å². The summed E-state index contributed by atoms with van der Waals surface area (Å²) in [6, 6.07) is 6.85. The van der Waals surface area contributed by atoms with Crippen LogP contribution in [0.1, 0.15) is 67.2 Å². The van der Waals surface area contributed by atoms with Crippen molar-refractivity contribution in [1.82, 2.24) is 0 Å². The highest BCUT2D eigenvalue weighted by Gasteiger charge is 2.32. The summed E-state index contributed by atoms with van der Waals surface area (Å²) >= 11 is 0. The van der Waals surface area contributed by atoms with Gasteiger partial charge in [0.25, 0.3) is 0 Å². The lowest BCUT2D eigenvalue weighted by Crippen LogP contribution is -2.26. The molecule has 0 aliphatic heterocycles. The Morgan fingerprint density at radius 3 is 2.08 bits per heavy atom. The standard InChI is InChI=1S/C21H24O5.C3H9NO.C2H4O.2H2O/c1-2-25-13-26-15-10-11-19-18(9-5-6-14(22)12-15)20(23)16-7-3-4-8-17(16)21(19)24;1-3(4)2-5;1-2-3;;/h3-4,7-9,11,14-15,22H,2,5-6,10,12-13H2,1H3;3,5H,2,4H2,1H3;2H,1H3;2*1H2/b18-9+,19-11+;;;;/t14-,15+;3-;;;/m00.../s1. The number of Topliss-reactive ketones (excluding diaryl/α,β-unsaturated/α-hetero) is 2. The lowest BCUT2D eigenvalue weighted by molar-refractivity contribution is -0.106. The molecular weight excluding hydrogens is 470 g/mol. The van der Waals surface area contributed by atoms with Crippen LogP contribution in [0.5, 0.6) is 0 Å². The second-order valence-corrected chi connectivity index (χ2v) is 7.94. The van der Waals surface area contributed by atoms with Crippen LogP contribution in [0.4, 0.5) is 0 Å². The molecule has 0 bridgehead atoms. The summed E-state index contributed by atoms with van der Waals surface area (Å²) in [6.07, 6.45) is 5.50. The molecule has 0 unspecified atom stereocenters. The number of ether oxygens (including phenoxy) is 2. The molecule has 0 saturated heterocycles. The van der Waals surface area contributed by atoms with Gasteiger partial charge < -0.3 is 41.2 Å². The summed E-state index contributed by atoms with van der Waals surface area (Å²) in [7, 11) is 0. The van der Waals surface area contributed by atoms with Crippen LogP contribution < -0.4 is 5.73 Å². The predicted molar refractivity (Wildman–Crippen MR) is 137 cm³/mol. The first-order valence-electron chi connectivity index (χ1n) is 11.5. The Labute approximate surface area is 212 Å². The van der Waals surface area contributed by atoms with Gasteiger partial charge in [0.05, 0.1) is 18.8 Å². The summed E-state index contributed by atoms with van der Waals surface area (Å²) in [5.41, 5.74) is 6.81. The Balaban J connectivity index is 0. The van der Waals surface area contributed by atoms with Gasteiger partial charge in [-0.25, -0.2) is 0 Å². The monoisotopic (exact) mass is 511 g/mol. The van der Waals surface area contributed by atoms with Crippen LogP contribution in [0.3, 0.4) is 0 Å². The van der Waals surface area contributed by atoms with Gasteiger partial charge in [-0.15, -0.1) is 0 Å². The number of aldehydes is 1. The van der Waals surface area contributed by atoms with Crippen LogP contribution >= 0.6 is 0 Å². The van der Waals surface area contributed by atoms with E-state index in [1.807, 2.05) is 6.92 Å². The van der Waals surface area contributed by atoms with Crippen molar-refractivity contribution in [2.75, 3.05) is 20.0 Å². The van der Waals surface area contributed by atoms with Crippen LogP contribution in [-0.4, -0.2) is 77.3 Å². The van der Waals surface area contributed by atoms with Gasteiger partial charge in [0.2, 0.25) is 0 Å². The van der Waals surface area contributed by atoms with Gasteiger partial charge in [0, 0.05) is 34.9 Å². The molecule has 0 spiro atoms. The number of hydrogen-bond acceptors (Lipinski definition) is 8. The first-order valence-corrected chi connectivity index (χ1v) is 11.5. The summed E-state index contributed by atoms with van der Waals surface area (Å²) < 4.78 is 10.9. The van der Waals surface area contributed by atoms with E-state index in [4.69, 9.17) is 25.1 Å². The number of ketones is 2. The van der Waals surface area contributed by atoms with Crippen molar-refractivity contribution in [2.24, 2.45) is 5.73 Å². The summed E-state index contributed by atoms with van der Waals surface area (Å²) in [6.45, 7) is 5.86. The molecule has 0 amide bonds. The molecule has 2 aliphatic rings. The third kappa shape index (κ3) is 11.4. The molecule has 0 fully saturated rings. The van der Waals surface area contributed by atoms with Gasteiger partial charge in [-0.1, -0.05) is 36.4 Å². The second kappa shape index (κ2) is 19.6. The molecule has 8 N–H and O–H groups in total. The number of nitrogens with two attached hydrogens (primary N) is 1. The van der Waals surface area contributed by atoms with E-state index in [0.717, 1.165) is 6.29 Å². The minimum Gasteiger partial charge on any atom is -0.412 e. The molecular formula is C26H41NO9. The average molecular weight is 512 g/mol. The SMILES string of the molecule is CC=O.CCOCO[C@@H]1C/C=C2/C(=O)c3ccccc3C(=O)/C2=C/CC[C@H](O)C1.C[C@H](N)CO.O.O. The van der Waals surface area contributed by atoms with E-state index in [-0.39, 0.29) is 48.1 Å². The molecule has 10 nitrogen and oxygen atoms in total. The highest BCUT2D eigenvalue weighted by atomic mass is 16.7. The van der Waals surface area contributed by atoms with E-state index in [2.05, 4.69) is 0 Å². The number of carbonyl (C=O) groups is 3. The zero-order valence-electron chi connectivity index (χ0n) is 21.2. The van der Waals surface area contributed by atoms with E-state index in [1.165, 1.54) is 6.92 Å². The third-order valence-corrected chi connectivity index (χ3v) is 5.04. The van der Waals surface area contributed by atoms with E-state index < -0.39 is 6.10 Å². The summed E-state index contributed by atoms with van der Waals surface area (Å²) in [4.78, 5) is 34.6. The molecule has 0 heterocycles. The normalized spacial score (nSPS) is 22.4. The molecule has 0 saturated carbocycles. The smallest absolute Gasteiger partial charge is 0.194 e. The van der Waals surface area contributed by atoms with Gasteiger partial charge in [-0.3, -0.25) is 9.59 Å². The van der Waals surface area contributed by atoms with E-state index in [1.54, 1.807) is 43.3 Å². The van der Waals surface area contributed by atoms with Gasteiger partial charge in [-0.05, 0) is 46.5 Å². The third-order valence-electron chi connectivity index (χ3n) is 5.04. The Hall–Kier alpha value is -2.57. The molecule has 204 valence electrons.